The Morgan fingerprint density at radius 1 is 0.971 bits per heavy atom. The molecule has 0 spiro atoms. The van der Waals surface area contributed by atoms with E-state index < -0.39 is 42.3 Å². The molecule has 3 aromatic carbocycles. The summed E-state index contributed by atoms with van der Waals surface area (Å²) in [5, 5.41) is 4.90. The number of para-hydroxylation sites is 1. The molecule has 2 N–H and O–H groups in total. The first-order valence-corrected chi connectivity index (χ1v) is 10.9. The van der Waals surface area contributed by atoms with Crippen LogP contribution in [0.1, 0.15) is 24.1 Å². The number of alkyl carbamates (subject to hydrolysis) is 1. The second kappa shape index (κ2) is 9.92. The van der Waals surface area contributed by atoms with E-state index in [1.165, 1.54) is 17.9 Å². The van der Waals surface area contributed by atoms with Crippen LogP contribution in [-0.2, 0) is 20.9 Å². The highest BCUT2D eigenvalue weighted by Crippen LogP contribution is 2.39. The number of ether oxygens (including phenoxy) is 1. The molecule has 2 atom stereocenters. The molecule has 1 unspecified atom stereocenters. The van der Waals surface area contributed by atoms with Gasteiger partial charge in [-0.2, -0.15) is 0 Å². The van der Waals surface area contributed by atoms with E-state index in [0.29, 0.717) is 11.3 Å². The van der Waals surface area contributed by atoms with Gasteiger partial charge < -0.3 is 20.3 Å². The fourth-order valence-corrected chi connectivity index (χ4v) is 3.95. The largest absolute Gasteiger partial charge is 0.436 e. The minimum atomic E-state index is -1.28. The van der Waals surface area contributed by atoms with Crippen LogP contribution in [0.25, 0.3) is 11.1 Å². The van der Waals surface area contributed by atoms with Crippen molar-refractivity contribution in [1.29, 1.82) is 0 Å². The van der Waals surface area contributed by atoms with Crippen molar-refractivity contribution in [1.82, 2.24) is 10.6 Å². The number of carbonyl (C=O) groups excluding carboxylic acids is 3. The molecule has 4 rings (SSSR count). The SMILES string of the molecule is C[C@H](OC(=O)NCc1c(F)cccc1F)C(=O)NC1C(=O)N(C)c2ccccc2-c2ccccc21. The Balaban J connectivity index is 1.47. The van der Waals surface area contributed by atoms with Gasteiger partial charge in [0.1, 0.15) is 17.7 Å². The van der Waals surface area contributed by atoms with Gasteiger partial charge in [0.15, 0.2) is 6.10 Å². The van der Waals surface area contributed by atoms with Crippen LogP contribution in [0.5, 0.6) is 0 Å². The zero-order valence-electron chi connectivity index (χ0n) is 19.0. The average Bonchev–Trinajstić information content (AvgIpc) is 2.93. The smallest absolute Gasteiger partial charge is 0.408 e. The zero-order valence-corrected chi connectivity index (χ0v) is 19.0. The first-order chi connectivity index (χ1) is 16.8. The molecule has 1 heterocycles. The van der Waals surface area contributed by atoms with Crippen molar-refractivity contribution in [2.75, 3.05) is 11.9 Å². The summed E-state index contributed by atoms with van der Waals surface area (Å²) < 4.78 is 32.5. The molecule has 180 valence electrons. The third kappa shape index (κ3) is 4.84. The molecule has 35 heavy (non-hydrogen) atoms. The highest BCUT2D eigenvalue weighted by Gasteiger charge is 2.34. The minimum Gasteiger partial charge on any atom is -0.436 e. The molecule has 0 saturated carbocycles. The highest BCUT2D eigenvalue weighted by molar-refractivity contribution is 6.06. The van der Waals surface area contributed by atoms with Crippen LogP contribution < -0.4 is 15.5 Å². The van der Waals surface area contributed by atoms with Crippen LogP contribution in [0.2, 0.25) is 0 Å². The first kappa shape index (κ1) is 23.9. The van der Waals surface area contributed by atoms with E-state index in [1.54, 1.807) is 19.2 Å². The molecule has 3 aromatic rings. The number of benzene rings is 3. The molecule has 1 aliphatic rings. The standard InChI is InChI=1S/C26H23F2N3O4/c1-15(35-26(34)29-14-19-20(27)11-7-12-21(19)28)24(32)30-23-18-10-4-3-8-16(18)17-9-5-6-13-22(17)31(2)25(23)33/h3-13,15,23H,14H2,1-2H3,(H,29,34)(H,30,32)/t15-,23?/m0/s1. The van der Waals surface area contributed by atoms with E-state index in [4.69, 9.17) is 4.74 Å². The molecular formula is C26H23F2N3O4. The van der Waals surface area contributed by atoms with Crippen molar-refractivity contribution in [3.8, 4) is 11.1 Å². The summed E-state index contributed by atoms with van der Waals surface area (Å²) in [6.07, 6.45) is -2.32. The van der Waals surface area contributed by atoms with Crippen LogP contribution in [0.4, 0.5) is 19.3 Å². The van der Waals surface area contributed by atoms with Gasteiger partial charge in [-0.1, -0.05) is 48.5 Å². The number of hydrogen-bond acceptors (Lipinski definition) is 4. The minimum absolute atomic E-state index is 0.329. The first-order valence-electron chi connectivity index (χ1n) is 10.9. The Morgan fingerprint density at radius 2 is 1.60 bits per heavy atom. The molecule has 0 aromatic heterocycles. The maximum atomic E-state index is 13.7. The second-order valence-electron chi connectivity index (χ2n) is 8.04. The number of anilines is 1. The maximum Gasteiger partial charge on any atom is 0.408 e. The molecule has 9 heteroatoms. The van der Waals surface area contributed by atoms with Crippen molar-refractivity contribution < 1.29 is 27.9 Å². The van der Waals surface area contributed by atoms with Crippen molar-refractivity contribution in [2.24, 2.45) is 0 Å². The summed E-state index contributed by atoms with van der Waals surface area (Å²) in [4.78, 5) is 39.8. The number of halogens is 2. The van der Waals surface area contributed by atoms with Crippen molar-refractivity contribution in [2.45, 2.75) is 25.6 Å². The van der Waals surface area contributed by atoms with Crippen LogP contribution in [0.3, 0.4) is 0 Å². The number of amides is 3. The predicted octanol–water partition coefficient (Wildman–Crippen LogP) is 4.08. The number of likely N-dealkylation sites (N-methyl/N-ethyl adjacent to an activating group) is 1. The number of nitrogens with one attached hydrogen (secondary N) is 2. The topological polar surface area (TPSA) is 87.7 Å². The lowest BCUT2D eigenvalue weighted by Crippen LogP contribution is -2.45. The van der Waals surface area contributed by atoms with Gasteiger partial charge in [-0.15, -0.1) is 0 Å². The van der Waals surface area contributed by atoms with E-state index in [9.17, 15) is 23.2 Å². The van der Waals surface area contributed by atoms with Crippen LogP contribution in [0, 0.1) is 11.6 Å². The molecule has 0 saturated heterocycles. The molecule has 3 amide bonds. The quantitative estimate of drug-likeness (QED) is 0.577. The average molecular weight is 479 g/mol. The molecular weight excluding hydrogens is 456 g/mol. The Morgan fingerprint density at radius 3 is 2.31 bits per heavy atom. The summed E-state index contributed by atoms with van der Waals surface area (Å²) in [5.74, 6) is -2.69. The summed E-state index contributed by atoms with van der Waals surface area (Å²) in [7, 11) is 1.63. The molecule has 0 radical (unpaired) electrons. The van der Waals surface area contributed by atoms with Crippen molar-refractivity contribution >= 4 is 23.6 Å². The van der Waals surface area contributed by atoms with Crippen LogP contribution in [0.15, 0.2) is 66.7 Å². The van der Waals surface area contributed by atoms with Crippen molar-refractivity contribution in [3.63, 3.8) is 0 Å². The fourth-order valence-electron chi connectivity index (χ4n) is 3.95. The summed E-state index contributed by atoms with van der Waals surface area (Å²) in [5.41, 5.74) is 2.62. The van der Waals surface area contributed by atoms with Gasteiger partial charge in [-0.3, -0.25) is 9.59 Å². The summed E-state index contributed by atoms with van der Waals surface area (Å²) >= 11 is 0. The van der Waals surface area contributed by atoms with E-state index in [2.05, 4.69) is 10.6 Å². The Kier molecular flexibility index (Phi) is 6.77. The number of carbonyl (C=O) groups is 3. The number of fused-ring (bicyclic) bond motifs is 3. The molecule has 0 bridgehead atoms. The lowest BCUT2D eigenvalue weighted by molar-refractivity contribution is -0.132. The van der Waals surface area contributed by atoms with Gasteiger partial charge in [0.05, 0.1) is 12.2 Å². The summed E-state index contributed by atoms with van der Waals surface area (Å²) in [6, 6.07) is 17.0. The number of rotatable bonds is 5. The van der Waals surface area contributed by atoms with Gasteiger partial charge in [0.2, 0.25) is 0 Å². The Labute approximate surface area is 200 Å². The molecule has 1 aliphatic heterocycles. The van der Waals surface area contributed by atoms with Crippen LogP contribution >= 0.6 is 0 Å². The Hall–Kier alpha value is -4.27. The third-order valence-corrected chi connectivity index (χ3v) is 5.82. The fraction of sp³-hybridized carbons (Fsp3) is 0.192. The van der Waals surface area contributed by atoms with E-state index in [1.807, 2.05) is 36.4 Å². The molecule has 0 aliphatic carbocycles. The normalized spacial score (nSPS) is 15.4. The highest BCUT2D eigenvalue weighted by atomic mass is 19.1. The van der Waals surface area contributed by atoms with E-state index in [0.717, 1.165) is 23.3 Å². The van der Waals surface area contributed by atoms with E-state index >= 15 is 0 Å². The third-order valence-electron chi connectivity index (χ3n) is 5.82. The second-order valence-corrected chi connectivity index (χ2v) is 8.04. The lowest BCUT2D eigenvalue weighted by atomic mass is 9.95. The van der Waals surface area contributed by atoms with Crippen LogP contribution in [-0.4, -0.2) is 31.1 Å². The monoisotopic (exact) mass is 479 g/mol. The predicted molar refractivity (Wildman–Crippen MR) is 125 cm³/mol. The maximum absolute atomic E-state index is 13.7. The Bertz CT molecular complexity index is 1280. The van der Waals surface area contributed by atoms with Gasteiger partial charge in [0.25, 0.3) is 11.8 Å². The van der Waals surface area contributed by atoms with E-state index in [-0.39, 0.29) is 11.5 Å². The lowest BCUT2D eigenvalue weighted by Gasteiger charge is -2.24. The van der Waals surface area contributed by atoms with Gasteiger partial charge in [-0.25, -0.2) is 13.6 Å². The van der Waals surface area contributed by atoms with Crippen molar-refractivity contribution in [3.05, 3.63) is 89.5 Å². The number of hydrogen-bond donors (Lipinski definition) is 2. The van der Waals surface area contributed by atoms with Gasteiger partial charge in [0, 0.05) is 18.2 Å². The van der Waals surface area contributed by atoms with Gasteiger partial charge in [-0.05, 0) is 36.2 Å². The zero-order chi connectivity index (χ0) is 25.1. The molecule has 7 nitrogen and oxygen atoms in total. The molecule has 0 fully saturated rings. The number of nitrogens with zero attached hydrogens (tertiary/aromatic N) is 1. The van der Waals surface area contributed by atoms with Gasteiger partial charge >= 0.3 is 6.09 Å². The summed E-state index contributed by atoms with van der Waals surface area (Å²) in [6.45, 7) is 0.882.